The summed E-state index contributed by atoms with van der Waals surface area (Å²) in [5, 5.41) is 0. The van der Waals surface area contributed by atoms with Gasteiger partial charge in [-0.1, -0.05) is 18.1 Å². The molecule has 0 saturated heterocycles. The van der Waals surface area contributed by atoms with E-state index in [0.717, 1.165) is 11.8 Å². The zero-order valence-electron chi connectivity index (χ0n) is 10.4. The lowest BCUT2D eigenvalue weighted by Crippen LogP contribution is -2.38. The molecule has 2 saturated carbocycles. The van der Waals surface area contributed by atoms with Crippen LogP contribution in [0.1, 0.15) is 38.5 Å². The van der Waals surface area contributed by atoms with Crippen molar-refractivity contribution in [3.63, 3.8) is 0 Å². The minimum atomic E-state index is 0.00602. The van der Waals surface area contributed by atoms with Crippen LogP contribution >= 0.6 is 0 Å². The molecule has 2 fully saturated rings. The van der Waals surface area contributed by atoms with E-state index < -0.39 is 0 Å². The fraction of sp³-hybridized carbons (Fsp3) is 0.857. The summed E-state index contributed by atoms with van der Waals surface area (Å²) in [4.78, 5) is 0. The Bertz CT molecular complexity index is 306. The minimum absolute atomic E-state index is 0.00602. The highest BCUT2D eigenvalue weighted by atomic mass is 16.7. The van der Waals surface area contributed by atoms with Crippen molar-refractivity contribution in [3.8, 4) is 0 Å². The molecular weight excluding hydrogens is 200 g/mol. The van der Waals surface area contributed by atoms with Gasteiger partial charge in [-0.3, -0.25) is 0 Å². The second-order valence-electron chi connectivity index (χ2n) is 5.66. The molecule has 3 atom stereocenters. The predicted molar refractivity (Wildman–Crippen MR) is 63.0 cm³/mol. The zero-order valence-corrected chi connectivity index (χ0v) is 10.4. The van der Waals surface area contributed by atoms with Gasteiger partial charge in [0.15, 0.2) is 6.29 Å². The van der Waals surface area contributed by atoms with Crippen molar-refractivity contribution in [3.05, 3.63) is 11.6 Å². The molecule has 2 nitrogen and oxygen atoms in total. The summed E-state index contributed by atoms with van der Waals surface area (Å²) < 4.78 is 11.2. The summed E-state index contributed by atoms with van der Waals surface area (Å²) >= 11 is 0. The van der Waals surface area contributed by atoms with E-state index in [-0.39, 0.29) is 6.29 Å². The van der Waals surface area contributed by atoms with Gasteiger partial charge in [0.2, 0.25) is 0 Å². The van der Waals surface area contributed by atoms with Crippen molar-refractivity contribution in [1.82, 2.24) is 0 Å². The lowest BCUT2D eigenvalue weighted by molar-refractivity contribution is -0.184. The molecule has 3 aliphatic rings. The van der Waals surface area contributed by atoms with Crippen molar-refractivity contribution < 1.29 is 9.47 Å². The number of rotatable bonds is 3. The lowest BCUT2D eigenvalue weighted by atomic mass is 9.78. The van der Waals surface area contributed by atoms with Crippen molar-refractivity contribution >= 4 is 0 Å². The van der Waals surface area contributed by atoms with Crippen LogP contribution in [0.25, 0.3) is 0 Å². The molecule has 90 valence electrons. The first-order valence-corrected chi connectivity index (χ1v) is 6.57. The first-order chi connectivity index (χ1) is 7.81. The Morgan fingerprint density at radius 3 is 2.88 bits per heavy atom. The molecule has 0 amide bonds. The highest BCUT2D eigenvalue weighted by Crippen LogP contribution is 2.63. The molecule has 0 aromatic carbocycles. The molecule has 0 aromatic heterocycles. The Balaban J connectivity index is 1.94. The van der Waals surface area contributed by atoms with Gasteiger partial charge in [0, 0.05) is 19.6 Å². The largest absolute Gasteiger partial charge is 0.355 e. The van der Waals surface area contributed by atoms with Crippen LogP contribution in [0.5, 0.6) is 0 Å². The number of methoxy groups -OCH3 is 2. The van der Waals surface area contributed by atoms with E-state index in [1.807, 2.05) is 0 Å². The SMILES string of the molecule is COC(OC)[C@@]12CCC[C@@H]1C1=CCCC1C2. The summed E-state index contributed by atoms with van der Waals surface area (Å²) in [6, 6.07) is 0. The van der Waals surface area contributed by atoms with Crippen LogP contribution in [0.4, 0.5) is 0 Å². The fourth-order valence-corrected chi connectivity index (χ4v) is 4.67. The third-order valence-corrected chi connectivity index (χ3v) is 5.12. The van der Waals surface area contributed by atoms with Crippen molar-refractivity contribution in [1.29, 1.82) is 0 Å². The molecule has 0 heterocycles. The third kappa shape index (κ3) is 1.26. The molecule has 0 radical (unpaired) electrons. The van der Waals surface area contributed by atoms with Gasteiger partial charge in [-0.25, -0.2) is 0 Å². The summed E-state index contributed by atoms with van der Waals surface area (Å²) in [6.45, 7) is 0. The number of ether oxygens (including phenoxy) is 2. The summed E-state index contributed by atoms with van der Waals surface area (Å²) in [5.41, 5.74) is 2.05. The Hall–Kier alpha value is -0.340. The number of hydrogen-bond acceptors (Lipinski definition) is 2. The zero-order chi connectivity index (χ0) is 11.2. The average Bonchev–Trinajstić information content (AvgIpc) is 2.90. The molecule has 0 aliphatic heterocycles. The van der Waals surface area contributed by atoms with Gasteiger partial charge in [0.25, 0.3) is 0 Å². The molecule has 1 unspecified atom stereocenters. The molecule has 0 spiro atoms. The molecule has 0 aromatic rings. The van der Waals surface area contributed by atoms with Gasteiger partial charge in [-0.2, -0.15) is 0 Å². The maximum Gasteiger partial charge on any atom is 0.162 e. The van der Waals surface area contributed by atoms with Gasteiger partial charge in [0.1, 0.15) is 0 Å². The van der Waals surface area contributed by atoms with Crippen molar-refractivity contribution in [2.24, 2.45) is 17.3 Å². The summed E-state index contributed by atoms with van der Waals surface area (Å²) in [7, 11) is 3.58. The van der Waals surface area contributed by atoms with Gasteiger partial charge in [-0.05, 0) is 43.9 Å². The maximum atomic E-state index is 5.60. The van der Waals surface area contributed by atoms with E-state index in [2.05, 4.69) is 6.08 Å². The highest BCUT2D eigenvalue weighted by Gasteiger charge is 2.57. The number of fused-ring (bicyclic) bond motifs is 3. The van der Waals surface area contributed by atoms with Crippen LogP contribution in [0.15, 0.2) is 11.6 Å². The minimum Gasteiger partial charge on any atom is -0.355 e. The lowest BCUT2D eigenvalue weighted by Gasteiger charge is -2.36. The van der Waals surface area contributed by atoms with Crippen LogP contribution in [0.3, 0.4) is 0 Å². The Morgan fingerprint density at radius 2 is 2.12 bits per heavy atom. The third-order valence-electron chi connectivity index (χ3n) is 5.12. The van der Waals surface area contributed by atoms with Crippen LogP contribution in [-0.2, 0) is 9.47 Å². The quantitative estimate of drug-likeness (QED) is 0.539. The smallest absolute Gasteiger partial charge is 0.162 e. The first kappa shape index (κ1) is 10.8. The van der Waals surface area contributed by atoms with Gasteiger partial charge in [0.05, 0.1) is 0 Å². The van der Waals surface area contributed by atoms with E-state index in [1.54, 1.807) is 19.8 Å². The van der Waals surface area contributed by atoms with Gasteiger partial charge >= 0.3 is 0 Å². The summed E-state index contributed by atoms with van der Waals surface area (Å²) in [5.74, 6) is 1.60. The van der Waals surface area contributed by atoms with Crippen LogP contribution in [-0.4, -0.2) is 20.5 Å². The maximum absolute atomic E-state index is 5.60. The van der Waals surface area contributed by atoms with Gasteiger partial charge < -0.3 is 9.47 Å². The topological polar surface area (TPSA) is 18.5 Å². The Morgan fingerprint density at radius 1 is 1.31 bits per heavy atom. The van der Waals surface area contributed by atoms with E-state index in [1.165, 1.54) is 38.5 Å². The molecule has 0 N–H and O–H groups in total. The molecule has 16 heavy (non-hydrogen) atoms. The van der Waals surface area contributed by atoms with Crippen molar-refractivity contribution in [2.45, 2.75) is 44.8 Å². The monoisotopic (exact) mass is 222 g/mol. The molecule has 3 aliphatic carbocycles. The van der Waals surface area contributed by atoms with E-state index >= 15 is 0 Å². The fourth-order valence-electron chi connectivity index (χ4n) is 4.67. The normalized spacial score (nSPS) is 41.3. The number of allylic oxidation sites excluding steroid dienone is 2. The second kappa shape index (κ2) is 3.85. The number of hydrogen-bond donors (Lipinski definition) is 0. The Labute approximate surface area is 98.0 Å². The standard InChI is InChI=1S/C14H22O2/c1-15-13(16-2)14-8-4-7-12(14)11-6-3-5-10(11)9-14/h6,10,12-13H,3-5,7-9H2,1-2H3/t10?,12-,14-/m1/s1. The van der Waals surface area contributed by atoms with Crippen LogP contribution in [0, 0.1) is 17.3 Å². The molecule has 2 heteroatoms. The van der Waals surface area contributed by atoms with E-state index in [9.17, 15) is 0 Å². The van der Waals surface area contributed by atoms with E-state index in [0.29, 0.717) is 5.41 Å². The van der Waals surface area contributed by atoms with Crippen molar-refractivity contribution in [2.75, 3.05) is 14.2 Å². The van der Waals surface area contributed by atoms with Crippen LogP contribution < -0.4 is 0 Å². The van der Waals surface area contributed by atoms with Crippen LogP contribution in [0.2, 0.25) is 0 Å². The first-order valence-electron chi connectivity index (χ1n) is 6.57. The predicted octanol–water partition coefficient (Wildman–Crippen LogP) is 3.13. The second-order valence-corrected chi connectivity index (χ2v) is 5.66. The van der Waals surface area contributed by atoms with Gasteiger partial charge in [-0.15, -0.1) is 0 Å². The van der Waals surface area contributed by atoms with E-state index in [4.69, 9.17) is 9.47 Å². The highest BCUT2D eigenvalue weighted by molar-refractivity contribution is 5.28. The average molecular weight is 222 g/mol. The molecular formula is C14H22O2. The Kier molecular flexibility index (Phi) is 2.60. The molecule has 0 bridgehead atoms. The summed E-state index contributed by atoms with van der Waals surface area (Å²) in [6.07, 6.45) is 10.5. The molecule has 3 rings (SSSR count).